The molecule has 0 aliphatic rings. The van der Waals surface area contributed by atoms with Gasteiger partial charge in [0.15, 0.2) is 0 Å². The fourth-order valence-corrected chi connectivity index (χ4v) is 6.43. The number of hydrogen-bond acceptors (Lipinski definition) is 3. The van der Waals surface area contributed by atoms with Crippen LogP contribution in [0, 0.1) is 0 Å². The van der Waals surface area contributed by atoms with Crippen molar-refractivity contribution in [2.24, 2.45) is 0 Å². The summed E-state index contributed by atoms with van der Waals surface area (Å²) in [5, 5.41) is 1.67. The van der Waals surface area contributed by atoms with E-state index in [1.54, 1.807) is 0 Å². The minimum Gasteiger partial charge on any atom is -0.399 e. The van der Waals surface area contributed by atoms with Gasteiger partial charge in [-0.2, -0.15) is 0 Å². The molecular weight excluding hydrogens is 507 g/mol. The van der Waals surface area contributed by atoms with Crippen molar-refractivity contribution in [1.82, 2.24) is 0 Å². The molecule has 0 saturated carbocycles. The van der Waals surface area contributed by atoms with Crippen molar-refractivity contribution in [1.29, 1.82) is 0 Å². The number of nitrogens with two attached hydrogens (primary N) is 2. The molecule has 194 valence electrons. The van der Waals surface area contributed by atoms with Crippen molar-refractivity contribution in [3.8, 4) is 44.5 Å². The summed E-state index contributed by atoms with van der Waals surface area (Å²) in [5.41, 5.74) is 22.3. The summed E-state index contributed by atoms with van der Waals surface area (Å²) in [4.78, 5) is 0. The van der Waals surface area contributed by atoms with Crippen LogP contribution >= 0.6 is 7.80 Å². The average Bonchev–Trinajstić information content (AvgIpc) is 3.01. The number of rotatable bonds is 6. The highest BCUT2D eigenvalue weighted by atomic mass is 31.1. The topological polar surface area (TPSA) is 69.1 Å². The molecule has 0 aliphatic carbocycles. The first-order valence-corrected chi connectivity index (χ1v) is 14.6. The van der Waals surface area contributed by atoms with Crippen molar-refractivity contribution < 1.29 is 4.57 Å². The van der Waals surface area contributed by atoms with Crippen LogP contribution in [0.1, 0.15) is 0 Å². The fourth-order valence-electron chi connectivity index (χ4n) is 5.15. The molecule has 0 atom stereocenters. The summed E-state index contributed by atoms with van der Waals surface area (Å²) in [7, 11) is -2.16. The lowest BCUT2D eigenvalue weighted by atomic mass is 9.94. The third-order valence-electron chi connectivity index (χ3n) is 7.17. The molecule has 0 fully saturated rings. The fraction of sp³-hybridized carbons (Fsp3) is 0. The highest BCUT2D eigenvalue weighted by molar-refractivity contribution is 7.61. The molecule has 0 unspecified atom stereocenters. The van der Waals surface area contributed by atoms with E-state index in [9.17, 15) is 4.57 Å². The predicted octanol–water partition coefficient (Wildman–Crippen LogP) is 8.03. The van der Waals surface area contributed by atoms with Gasteiger partial charge in [-0.15, -0.1) is 0 Å². The predicted molar refractivity (Wildman–Crippen MR) is 172 cm³/mol. The second-order valence-corrected chi connectivity index (χ2v) is 11.6. The molecule has 6 rings (SSSR count). The van der Waals surface area contributed by atoms with Gasteiger partial charge in [0.05, 0.1) is 0 Å². The Labute approximate surface area is 235 Å². The molecule has 0 heterocycles. The Hall–Kier alpha value is -4.85. The molecule has 0 radical (unpaired) electrons. The quantitative estimate of drug-likeness (QED) is 0.167. The van der Waals surface area contributed by atoms with E-state index < -0.39 is 7.80 Å². The maximum absolute atomic E-state index is 13.6. The highest BCUT2D eigenvalue weighted by Gasteiger charge is 2.12. The molecule has 0 aliphatic heterocycles. The summed E-state index contributed by atoms with van der Waals surface area (Å²) in [6.07, 6.45) is 0. The van der Waals surface area contributed by atoms with Crippen LogP contribution in [-0.2, 0) is 4.57 Å². The first-order chi connectivity index (χ1) is 19.6. The Balaban J connectivity index is 1.26. The molecular formula is C36H29N2OP. The Morgan fingerprint density at radius 1 is 0.375 bits per heavy atom. The van der Waals surface area contributed by atoms with E-state index in [0.717, 1.165) is 66.5 Å². The molecule has 4 heteroatoms. The first kappa shape index (κ1) is 25.4. The molecule has 3 nitrogen and oxygen atoms in total. The Morgan fingerprint density at radius 3 is 1.07 bits per heavy atom. The molecule has 6 aromatic rings. The van der Waals surface area contributed by atoms with Crippen LogP contribution in [0.3, 0.4) is 0 Å². The Morgan fingerprint density at radius 2 is 0.725 bits per heavy atom. The molecule has 0 aromatic heterocycles. The average molecular weight is 537 g/mol. The van der Waals surface area contributed by atoms with Crippen molar-refractivity contribution in [2.75, 3.05) is 11.5 Å². The van der Waals surface area contributed by atoms with Gasteiger partial charge >= 0.3 is 0 Å². The summed E-state index contributed by atoms with van der Waals surface area (Å²) < 4.78 is 13.6. The normalized spacial score (nSPS) is 11.0. The lowest BCUT2D eigenvalue weighted by Gasteiger charge is -2.12. The first-order valence-electron chi connectivity index (χ1n) is 13.2. The summed E-state index contributed by atoms with van der Waals surface area (Å²) in [6, 6.07) is 48.6. The maximum Gasteiger partial charge on any atom is 0.131 e. The minimum atomic E-state index is -2.16. The van der Waals surface area contributed by atoms with Gasteiger partial charge in [0.25, 0.3) is 0 Å². The summed E-state index contributed by atoms with van der Waals surface area (Å²) in [6.45, 7) is 0. The number of anilines is 2. The molecule has 0 bridgehead atoms. The zero-order chi connectivity index (χ0) is 27.5. The zero-order valence-electron chi connectivity index (χ0n) is 21.9. The number of hydrogen-bond donors (Lipinski definition) is 2. The molecule has 0 amide bonds. The SMILES string of the molecule is Nc1cccc(-c2ccccc2-c2ccc([PH](=O)c3ccc(-c4ccccc4-c4cccc(N)c4)cc3)cc2)c1. The summed E-state index contributed by atoms with van der Waals surface area (Å²) in [5.74, 6) is 0. The van der Waals surface area contributed by atoms with E-state index in [2.05, 4.69) is 60.7 Å². The molecule has 0 saturated heterocycles. The molecule has 6 aromatic carbocycles. The largest absolute Gasteiger partial charge is 0.399 e. The van der Waals surface area contributed by atoms with Crippen LogP contribution in [0.25, 0.3) is 44.5 Å². The Kier molecular flexibility index (Phi) is 7.06. The van der Waals surface area contributed by atoms with Gasteiger partial charge in [0, 0.05) is 22.0 Å². The number of benzene rings is 6. The van der Waals surface area contributed by atoms with Crippen molar-refractivity contribution in [3.63, 3.8) is 0 Å². The second-order valence-electron chi connectivity index (χ2n) is 9.83. The lowest BCUT2D eigenvalue weighted by Crippen LogP contribution is -2.06. The van der Waals surface area contributed by atoms with E-state index >= 15 is 0 Å². The minimum absolute atomic E-state index is 0.737. The smallest absolute Gasteiger partial charge is 0.131 e. The van der Waals surface area contributed by atoms with Crippen LogP contribution in [0.15, 0.2) is 146 Å². The standard InChI is InChI=1S/C36H29N2OP/c37-29-9-5-7-27(23-29)35-13-3-1-11-33(35)25-15-19-31(20-16-25)40(39)32-21-17-26(18-22-32)34-12-2-4-14-36(34)28-8-6-10-30(38)24-28/h1-24,40H,37-38H2. The third-order valence-corrected chi connectivity index (χ3v) is 8.88. The van der Waals surface area contributed by atoms with E-state index in [-0.39, 0.29) is 0 Å². The van der Waals surface area contributed by atoms with Crippen molar-refractivity contribution >= 4 is 29.8 Å². The van der Waals surface area contributed by atoms with Gasteiger partial charge in [0.1, 0.15) is 7.80 Å². The van der Waals surface area contributed by atoms with Crippen LogP contribution in [0.5, 0.6) is 0 Å². The van der Waals surface area contributed by atoms with Crippen LogP contribution in [0.2, 0.25) is 0 Å². The Bertz CT molecular complexity index is 1690. The van der Waals surface area contributed by atoms with Gasteiger partial charge in [-0.05, 0) is 68.8 Å². The van der Waals surface area contributed by atoms with Gasteiger partial charge in [-0.3, -0.25) is 0 Å². The molecule has 0 spiro atoms. The van der Waals surface area contributed by atoms with E-state index in [0.29, 0.717) is 0 Å². The van der Waals surface area contributed by atoms with E-state index in [4.69, 9.17) is 11.5 Å². The van der Waals surface area contributed by atoms with Crippen molar-refractivity contribution in [3.05, 3.63) is 146 Å². The zero-order valence-corrected chi connectivity index (χ0v) is 22.9. The van der Waals surface area contributed by atoms with Gasteiger partial charge in [-0.1, -0.05) is 121 Å². The van der Waals surface area contributed by atoms with Crippen LogP contribution < -0.4 is 22.1 Å². The van der Waals surface area contributed by atoms with Gasteiger partial charge in [0.2, 0.25) is 0 Å². The maximum atomic E-state index is 13.6. The summed E-state index contributed by atoms with van der Waals surface area (Å²) >= 11 is 0. The molecule has 4 N–H and O–H groups in total. The number of nitrogen functional groups attached to an aromatic ring is 2. The van der Waals surface area contributed by atoms with Crippen LogP contribution in [-0.4, -0.2) is 0 Å². The molecule has 40 heavy (non-hydrogen) atoms. The van der Waals surface area contributed by atoms with E-state index in [1.807, 2.05) is 84.9 Å². The van der Waals surface area contributed by atoms with E-state index in [1.165, 1.54) is 0 Å². The monoisotopic (exact) mass is 536 g/mol. The van der Waals surface area contributed by atoms with Gasteiger partial charge in [-0.25, -0.2) is 0 Å². The third kappa shape index (κ3) is 5.20. The second kappa shape index (κ2) is 11.1. The highest BCUT2D eigenvalue weighted by Crippen LogP contribution is 2.35. The lowest BCUT2D eigenvalue weighted by molar-refractivity contribution is 0.598. The van der Waals surface area contributed by atoms with Gasteiger partial charge < -0.3 is 16.0 Å². The van der Waals surface area contributed by atoms with Crippen molar-refractivity contribution in [2.45, 2.75) is 0 Å². The van der Waals surface area contributed by atoms with Crippen LogP contribution in [0.4, 0.5) is 11.4 Å².